The van der Waals surface area contributed by atoms with Gasteiger partial charge in [0, 0.05) is 29.7 Å². The second-order valence-corrected chi connectivity index (χ2v) is 6.88. The van der Waals surface area contributed by atoms with Gasteiger partial charge in [-0.05, 0) is 51.1 Å². The number of likely N-dealkylation sites (tertiary alicyclic amines) is 1. The van der Waals surface area contributed by atoms with Crippen molar-refractivity contribution in [1.82, 2.24) is 20.1 Å². The molecule has 6 nitrogen and oxygen atoms in total. The third-order valence-corrected chi connectivity index (χ3v) is 4.94. The standard InChI is InChI=1S/C19H23N5O/c1-12-5-3-7-15(25)16(12)17-14-8-9-20-18(14)19(23-22-17)21-13-6-4-10-24(2)11-13/h3,5,7-9,13,20,25H,4,6,10-11H2,1-2H3,(H,21,23)/t13-/m1/s1. The molecule has 1 aromatic carbocycles. The zero-order chi connectivity index (χ0) is 17.4. The van der Waals surface area contributed by atoms with Gasteiger partial charge >= 0.3 is 0 Å². The van der Waals surface area contributed by atoms with Crippen LogP contribution in [0.2, 0.25) is 0 Å². The number of rotatable bonds is 3. The molecule has 25 heavy (non-hydrogen) atoms. The van der Waals surface area contributed by atoms with E-state index in [1.807, 2.05) is 31.3 Å². The van der Waals surface area contributed by atoms with Crippen molar-refractivity contribution in [2.24, 2.45) is 0 Å². The fraction of sp³-hybridized carbons (Fsp3) is 0.368. The molecule has 0 unspecified atom stereocenters. The Morgan fingerprint density at radius 3 is 2.96 bits per heavy atom. The monoisotopic (exact) mass is 337 g/mol. The Morgan fingerprint density at radius 2 is 2.16 bits per heavy atom. The van der Waals surface area contributed by atoms with E-state index in [0.29, 0.717) is 11.7 Å². The van der Waals surface area contributed by atoms with E-state index < -0.39 is 0 Å². The van der Waals surface area contributed by atoms with Crippen molar-refractivity contribution in [2.75, 3.05) is 25.5 Å². The number of anilines is 1. The summed E-state index contributed by atoms with van der Waals surface area (Å²) in [4.78, 5) is 5.61. The zero-order valence-corrected chi connectivity index (χ0v) is 14.6. The van der Waals surface area contributed by atoms with Gasteiger partial charge in [-0.1, -0.05) is 12.1 Å². The van der Waals surface area contributed by atoms with Crippen LogP contribution in [-0.4, -0.2) is 51.4 Å². The number of benzene rings is 1. The fourth-order valence-electron chi connectivity index (χ4n) is 3.69. The lowest BCUT2D eigenvalue weighted by Gasteiger charge is -2.30. The molecule has 1 saturated heterocycles. The highest BCUT2D eigenvalue weighted by Crippen LogP contribution is 2.36. The van der Waals surface area contributed by atoms with E-state index in [1.54, 1.807) is 6.07 Å². The molecule has 3 N–H and O–H groups in total. The number of nitrogens with one attached hydrogen (secondary N) is 2. The molecule has 0 saturated carbocycles. The summed E-state index contributed by atoms with van der Waals surface area (Å²) in [5.74, 6) is 1.00. The first kappa shape index (κ1) is 15.9. The topological polar surface area (TPSA) is 77.1 Å². The SMILES string of the molecule is Cc1cccc(O)c1-c1nnc(N[C@@H]2CCCN(C)C2)c2[nH]ccc12. The first-order chi connectivity index (χ1) is 12.1. The molecule has 1 fully saturated rings. The summed E-state index contributed by atoms with van der Waals surface area (Å²) in [6, 6.07) is 7.86. The number of aromatic nitrogens is 3. The van der Waals surface area contributed by atoms with Crippen LogP contribution in [0, 0.1) is 6.92 Å². The van der Waals surface area contributed by atoms with Crippen molar-refractivity contribution in [2.45, 2.75) is 25.8 Å². The van der Waals surface area contributed by atoms with Crippen LogP contribution in [0.25, 0.3) is 22.2 Å². The van der Waals surface area contributed by atoms with Gasteiger partial charge in [-0.15, -0.1) is 10.2 Å². The minimum atomic E-state index is 0.228. The lowest BCUT2D eigenvalue weighted by Crippen LogP contribution is -2.40. The van der Waals surface area contributed by atoms with Crippen LogP contribution in [0.4, 0.5) is 5.82 Å². The molecule has 6 heteroatoms. The second-order valence-electron chi connectivity index (χ2n) is 6.88. The highest BCUT2D eigenvalue weighted by atomic mass is 16.3. The average Bonchev–Trinajstić information content (AvgIpc) is 3.06. The minimum absolute atomic E-state index is 0.228. The molecule has 1 atom stereocenters. The molecule has 0 spiro atoms. The molecule has 0 aliphatic carbocycles. The summed E-state index contributed by atoms with van der Waals surface area (Å²) in [5.41, 5.74) is 3.36. The van der Waals surface area contributed by atoms with Crippen LogP contribution in [-0.2, 0) is 0 Å². The van der Waals surface area contributed by atoms with Gasteiger partial charge in [0.05, 0.1) is 5.52 Å². The van der Waals surface area contributed by atoms with Crippen molar-refractivity contribution < 1.29 is 5.11 Å². The molecule has 130 valence electrons. The number of aryl methyl sites for hydroxylation is 1. The number of fused-ring (bicyclic) bond motifs is 1. The maximum Gasteiger partial charge on any atom is 0.173 e. The molecule has 1 aliphatic rings. The van der Waals surface area contributed by atoms with E-state index in [9.17, 15) is 5.11 Å². The molecule has 3 heterocycles. The summed E-state index contributed by atoms with van der Waals surface area (Å²) in [5, 5.41) is 23.7. The molecule has 4 rings (SSSR count). The first-order valence-electron chi connectivity index (χ1n) is 8.71. The van der Waals surface area contributed by atoms with Gasteiger partial charge in [-0.25, -0.2) is 0 Å². The molecular formula is C19H23N5O. The predicted octanol–water partition coefficient (Wildman–Crippen LogP) is 3.15. The summed E-state index contributed by atoms with van der Waals surface area (Å²) in [6.45, 7) is 4.12. The summed E-state index contributed by atoms with van der Waals surface area (Å²) in [7, 11) is 2.15. The Hall–Kier alpha value is -2.60. The van der Waals surface area contributed by atoms with Gasteiger partial charge < -0.3 is 20.3 Å². The number of aromatic hydroxyl groups is 1. The van der Waals surface area contributed by atoms with Crippen LogP contribution >= 0.6 is 0 Å². The van der Waals surface area contributed by atoms with E-state index in [1.165, 1.54) is 6.42 Å². The van der Waals surface area contributed by atoms with Crippen molar-refractivity contribution in [1.29, 1.82) is 0 Å². The Balaban J connectivity index is 1.74. The molecule has 2 aromatic heterocycles. The van der Waals surface area contributed by atoms with Gasteiger partial charge in [0.25, 0.3) is 0 Å². The van der Waals surface area contributed by atoms with E-state index in [0.717, 1.165) is 47.4 Å². The number of nitrogens with zero attached hydrogens (tertiary/aromatic N) is 3. The van der Waals surface area contributed by atoms with E-state index in [2.05, 4.69) is 32.4 Å². The number of H-pyrrole nitrogens is 1. The summed E-state index contributed by atoms with van der Waals surface area (Å²) < 4.78 is 0. The zero-order valence-electron chi connectivity index (χ0n) is 14.6. The van der Waals surface area contributed by atoms with Crippen LogP contribution < -0.4 is 5.32 Å². The molecular weight excluding hydrogens is 314 g/mol. The van der Waals surface area contributed by atoms with E-state index in [4.69, 9.17) is 0 Å². The second kappa shape index (κ2) is 6.37. The largest absolute Gasteiger partial charge is 0.507 e. The van der Waals surface area contributed by atoms with Crippen LogP contribution in [0.5, 0.6) is 5.75 Å². The number of likely N-dealkylation sites (N-methyl/N-ethyl adjacent to an activating group) is 1. The third kappa shape index (κ3) is 2.93. The lowest BCUT2D eigenvalue weighted by molar-refractivity contribution is 0.261. The van der Waals surface area contributed by atoms with Crippen molar-refractivity contribution >= 4 is 16.7 Å². The third-order valence-electron chi connectivity index (χ3n) is 4.94. The minimum Gasteiger partial charge on any atom is -0.507 e. The number of hydrogen-bond donors (Lipinski definition) is 3. The number of phenols is 1. The van der Waals surface area contributed by atoms with E-state index >= 15 is 0 Å². The fourth-order valence-corrected chi connectivity index (χ4v) is 3.69. The van der Waals surface area contributed by atoms with Gasteiger partial charge in [0.1, 0.15) is 11.4 Å². The van der Waals surface area contributed by atoms with Gasteiger partial charge in [-0.2, -0.15) is 0 Å². The van der Waals surface area contributed by atoms with Gasteiger partial charge in [-0.3, -0.25) is 0 Å². The highest BCUT2D eigenvalue weighted by molar-refractivity contribution is 5.99. The molecule has 3 aromatic rings. The maximum absolute atomic E-state index is 10.3. The van der Waals surface area contributed by atoms with E-state index in [-0.39, 0.29) is 5.75 Å². The Kier molecular flexibility index (Phi) is 4.05. The summed E-state index contributed by atoms with van der Waals surface area (Å²) in [6.07, 6.45) is 4.21. The lowest BCUT2D eigenvalue weighted by atomic mass is 10.0. The predicted molar refractivity (Wildman–Crippen MR) is 99.9 cm³/mol. The van der Waals surface area contributed by atoms with Crippen LogP contribution in [0.1, 0.15) is 18.4 Å². The Bertz CT molecular complexity index is 884. The average molecular weight is 337 g/mol. The number of hydrogen-bond acceptors (Lipinski definition) is 5. The van der Waals surface area contributed by atoms with Crippen LogP contribution in [0.15, 0.2) is 30.5 Å². The normalized spacial score (nSPS) is 18.6. The molecule has 0 bridgehead atoms. The summed E-state index contributed by atoms with van der Waals surface area (Å²) >= 11 is 0. The number of phenolic OH excluding ortho intramolecular Hbond substituents is 1. The Labute approximate surface area is 146 Å². The van der Waals surface area contributed by atoms with Crippen molar-refractivity contribution in [3.63, 3.8) is 0 Å². The highest BCUT2D eigenvalue weighted by Gasteiger charge is 2.21. The number of piperidine rings is 1. The molecule has 0 amide bonds. The quantitative estimate of drug-likeness (QED) is 0.684. The molecule has 0 radical (unpaired) electrons. The maximum atomic E-state index is 10.3. The number of aromatic amines is 1. The molecule has 1 aliphatic heterocycles. The van der Waals surface area contributed by atoms with Crippen molar-refractivity contribution in [3.05, 3.63) is 36.0 Å². The smallest absolute Gasteiger partial charge is 0.173 e. The van der Waals surface area contributed by atoms with Gasteiger partial charge in [0.15, 0.2) is 5.82 Å². The van der Waals surface area contributed by atoms with Gasteiger partial charge in [0.2, 0.25) is 0 Å². The van der Waals surface area contributed by atoms with Crippen LogP contribution in [0.3, 0.4) is 0 Å². The Morgan fingerprint density at radius 1 is 1.28 bits per heavy atom. The van der Waals surface area contributed by atoms with Crippen molar-refractivity contribution in [3.8, 4) is 17.0 Å². The first-order valence-corrected chi connectivity index (χ1v) is 8.71.